The molecule has 1 fully saturated rings. The third-order valence-electron chi connectivity index (χ3n) is 3.14. The Morgan fingerprint density at radius 1 is 1.47 bits per heavy atom. The second kappa shape index (κ2) is 3.73. The van der Waals surface area contributed by atoms with Crippen LogP contribution in [-0.4, -0.2) is 38.8 Å². The lowest BCUT2D eigenvalue weighted by molar-refractivity contribution is -0.140. The third-order valence-corrected chi connectivity index (χ3v) is 3.14. The first-order valence-electron chi connectivity index (χ1n) is 5.52. The normalized spacial score (nSPS) is 20.0. The van der Waals surface area contributed by atoms with Gasteiger partial charge >= 0.3 is 5.97 Å². The number of fused-ring (bicyclic) bond motifs is 1. The van der Waals surface area contributed by atoms with E-state index in [1.807, 2.05) is 11.0 Å². The lowest BCUT2D eigenvalue weighted by atomic mass is 10.1. The Kier molecular flexibility index (Phi) is 2.21. The minimum atomic E-state index is -0.729. The zero-order valence-corrected chi connectivity index (χ0v) is 9.15. The average Bonchev–Trinajstić information content (AvgIpc) is 2.97. The molecule has 0 bridgehead atoms. The van der Waals surface area contributed by atoms with Gasteiger partial charge in [0.05, 0.1) is 12.1 Å². The van der Waals surface area contributed by atoms with Crippen molar-refractivity contribution in [3.63, 3.8) is 0 Å². The van der Waals surface area contributed by atoms with Crippen LogP contribution in [0.5, 0.6) is 0 Å². The van der Waals surface area contributed by atoms with E-state index in [0.717, 1.165) is 17.9 Å². The Morgan fingerprint density at radius 2 is 2.35 bits per heavy atom. The maximum atomic E-state index is 10.9. The van der Waals surface area contributed by atoms with Crippen LogP contribution in [0.3, 0.4) is 0 Å². The summed E-state index contributed by atoms with van der Waals surface area (Å²) in [5, 5.41) is 13.1. The predicted molar refractivity (Wildman–Crippen MR) is 60.9 cm³/mol. The molecule has 0 aliphatic carbocycles. The SMILES string of the molecule is O=C(O)[C@@H]1CCN(c2nccn3nccc23)C1. The molecular weight excluding hydrogens is 220 g/mol. The van der Waals surface area contributed by atoms with Crippen LogP contribution in [0.15, 0.2) is 24.7 Å². The van der Waals surface area contributed by atoms with Gasteiger partial charge in [0, 0.05) is 25.5 Å². The van der Waals surface area contributed by atoms with Gasteiger partial charge in [-0.2, -0.15) is 5.10 Å². The molecular formula is C11H12N4O2. The molecule has 88 valence electrons. The van der Waals surface area contributed by atoms with Crippen molar-refractivity contribution < 1.29 is 9.90 Å². The van der Waals surface area contributed by atoms with Crippen LogP contribution in [0.4, 0.5) is 5.82 Å². The molecule has 0 unspecified atom stereocenters. The molecule has 1 atom stereocenters. The number of carboxylic acid groups (broad SMARTS) is 1. The molecule has 2 aromatic rings. The van der Waals surface area contributed by atoms with Gasteiger partial charge in [0.2, 0.25) is 0 Å². The van der Waals surface area contributed by atoms with E-state index in [2.05, 4.69) is 10.1 Å². The number of carbonyl (C=O) groups is 1. The number of rotatable bonds is 2. The highest BCUT2D eigenvalue weighted by molar-refractivity contribution is 5.74. The van der Waals surface area contributed by atoms with E-state index >= 15 is 0 Å². The van der Waals surface area contributed by atoms with Crippen LogP contribution in [0.1, 0.15) is 6.42 Å². The summed E-state index contributed by atoms with van der Waals surface area (Å²) in [6, 6.07) is 1.89. The van der Waals surface area contributed by atoms with Crippen molar-refractivity contribution in [2.24, 2.45) is 5.92 Å². The highest BCUT2D eigenvalue weighted by Crippen LogP contribution is 2.25. The van der Waals surface area contributed by atoms with E-state index in [-0.39, 0.29) is 5.92 Å². The quantitative estimate of drug-likeness (QED) is 0.822. The van der Waals surface area contributed by atoms with Crippen molar-refractivity contribution in [1.82, 2.24) is 14.6 Å². The number of hydrogen-bond donors (Lipinski definition) is 1. The van der Waals surface area contributed by atoms with E-state index in [1.54, 1.807) is 23.1 Å². The lowest BCUT2D eigenvalue weighted by Gasteiger charge is -2.17. The van der Waals surface area contributed by atoms with Crippen molar-refractivity contribution in [2.45, 2.75) is 6.42 Å². The molecule has 6 nitrogen and oxygen atoms in total. The van der Waals surface area contributed by atoms with Crippen LogP contribution in [0.25, 0.3) is 5.52 Å². The summed E-state index contributed by atoms with van der Waals surface area (Å²) in [6.07, 6.45) is 5.85. The van der Waals surface area contributed by atoms with Crippen molar-refractivity contribution in [3.8, 4) is 0 Å². The van der Waals surface area contributed by atoms with E-state index in [4.69, 9.17) is 5.11 Å². The van der Waals surface area contributed by atoms with Gasteiger partial charge in [0.15, 0.2) is 5.82 Å². The molecule has 0 radical (unpaired) electrons. The maximum Gasteiger partial charge on any atom is 0.308 e. The maximum absolute atomic E-state index is 10.9. The first kappa shape index (κ1) is 10.1. The summed E-state index contributed by atoms with van der Waals surface area (Å²) in [7, 11) is 0. The lowest BCUT2D eigenvalue weighted by Crippen LogP contribution is -2.24. The van der Waals surface area contributed by atoms with Crippen molar-refractivity contribution in [1.29, 1.82) is 0 Å². The third kappa shape index (κ3) is 1.61. The molecule has 3 rings (SSSR count). The van der Waals surface area contributed by atoms with Crippen LogP contribution in [-0.2, 0) is 4.79 Å². The molecule has 0 spiro atoms. The van der Waals surface area contributed by atoms with Gasteiger partial charge in [-0.15, -0.1) is 0 Å². The smallest absolute Gasteiger partial charge is 0.308 e. The van der Waals surface area contributed by atoms with E-state index in [9.17, 15) is 4.79 Å². The van der Waals surface area contributed by atoms with Gasteiger partial charge in [0.1, 0.15) is 5.52 Å². The number of aromatic nitrogens is 3. The first-order valence-corrected chi connectivity index (χ1v) is 5.52. The van der Waals surface area contributed by atoms with Crippen LogP contribution in [0.2, 0.25) is 0 Å². The Labute approximate surface area is 97.5 Å². The van der Waals surface area contributed by atoms with E-state index in [0.29, 0.717) is 13.0 Å². The van der Waals surface area contributed by atoms with Gasteiger partial charge < -0.3 is 10.0 Å². The molecule has 0 saturated carbocycles. The molecule has 1 aliphatic heterocycles. The molecule has 6 heteroatoms. The molecule has 0 amide bonds. The Hall–Kier alpha value is -2.11. The van der Waals surface area contributed by atoms with Gasteiger partial charge in [-0.05, 0) is 12.5 Å². The molecule has 1 aliphatic rings. The van der Waals surface area contributed by atoms with E-state index < -0.39 is 5.97 Å². The Bertz CT molecular complexity index is 565. The first-order chi connectivity index (χ1) is 8.25. The molecule has 1 N–H and O–H groups in total. The molecule has 1 saturated heterocycles. The Morgan fingerprint density at radius 3 is 3.12 bits per heavy atom. The summed E-state index contributed by atoms with van der Waals surface area (Å²) in [5.41, 5.74) is 0.915. The summed E-state index contributed by atoms with van der Waals surface area (Å²) in [4.78, 5) is 17.3. The number of nitrogens with zero attached hydrogens (tertiary/aromatic N) is 4. The average molecular weight is 232 g/mol. The van der Waals surface area contributed by atoms with E-state index in [1.165, 1.54) is 0 Å². The van der Waals surface area contributed by atoms with Crippen LogP contribution in [0, 0.1) is 5.92 Å². The van der Waals surface area contributed by atoms with Crippen LogP contribution >= 0.6 is 0 Å². The standard InChI is InChI=1S/C11H12N4O2/c16-11(17)8-2-5-14(7-8)10-9-1-3-13-15(9)6-4-12-10/h1,3-4,6,8H,2,5,7H2,(H,16,17)/t8-/m1/s1. The van der Waals surface area contributed by atoms with Crippen molar-refractivity contribution >= 4 is 17.3 Å². The number of hydrogen-bond acceptors (Lipinski definition) is 4. The molecule has 17 heavy (non-hydrogen) atoms. The zero-order chi connectivity index (χ0) is 11.8. The largest absolute Gasteiger partial charge is 0.481 e. The van der Waals surface area contributed by atoms with Gasteiger partial charge in [-0.1, -0.05) is 0 Å². The van der Waals surface area contributed by atoms with Crippen molar-refractivity contribution in [2.75, 3.05) is 18.0 Å². The number of aliphatic carboxylic acids is 1. The van der Waals surface area contributed by atoms with Gasteiger partial charge in [0.25, 0.3) is 0 Å². The second-order valence-corrected chi connectivity index (χ2v) is 4.18. The monoisotopic (exact) mass is 232 g/mol. The summed E-state index contributed by atoms with van der Waals surface area (Å²) in [6.45, 7) is 1.25. The number of anilines is 1. The zero-order valence-electron chi connectivity index (χ0n) is 9.15. The fourth-order valence-corrected chi connectivity index (χ4v) is 2.24. The highest BCUT2D eigenvalue weighted by Gasteiger charge is 2.29. The second-order valence-electron chi connectivity index (χ2n) is 4.18. The summed E-state index contributed by atoms with van der Waals surface area (Å²) < 4.78 is 1.75. The summed E-state index contributed by atoms with van der Waals surface area (Å²) >= 11 is 0. The minimum Gasteiger partial charge on any atom is -0.481 e. The predicted octanol–water partition coefficient (Wildman–Crippen LogP) is 0.640. The fourth-order valence-electron chi connectivity index (χ4n) is 2.24. The highest BCUT2D eigenvalue weighted by atomic mass is 16.4. The molecule has 0 aromatic carbocycles. The summed E-state index contributed by atoms with van der Waals surface area (Å²) in [5.74, 6) is -0.207. The number of carboxylic acids is 1. The molecule has 3 heterocycles. The van der Waals surface area contributed by atoms with Crippen molar-refractivity contribution in [3.05, 3.63) is 24.7 Å². The van der Waals surface area contributed by atoms with Gasteiger partial charge in [-0.3, -0.25) is 4.79 Å². The van der Waals surface area contributed by atoms with Crippen LogP contribution < -0.4 is 4.90 Å². The fraction of sp³-hybridized carbons (Fsp3) is 0.364. The topological polar surface area (TPSA) is 70.7 Å². The molecule has 2 aromatic heterocycles. The Balaban J connectivity index is 1.95. The van der Waals surface area contributed by atoms with Gasteiger partial charge in [-0.25, -0.2) is 9.50 Å². The minimum absolute atomic E-state index is 0.292.